The minimum atomic E-state index is -0.0189. The molecule has 15 heavy (non-hydrogen) atoms. The lowest BCUT2D eigenvalue weighted by molar-refractivity contribution is 0.465. The van der Waals surface area contributed by atoms with Crippen molar-refractivity contribution in [3.05, 3.63) is 27.2 Å². The van der Waals surface area contributed by atoms with Crippen LogP contribution in [0.25, 0.3) is 0 Å². The molecule has 1 aliphatic carbocycles. The Bertz CT molecular complexity index is 411. The van der Waals surface area contributed by atoms with E-state index >= 15 is 0 Å². The van der Waals surface area contributed by atoms with Crippen molar-refractivity contribution >= 4 is 15.9 Å². The van der Waals surface area contributed by atoms with E-state index < -0.39 is 0 Å². The van der Waals surface area contributed by atoms with Crippen molar-refractivity contribution in [1.82, 2.24) is 0 Å². The first-order valence-electron chi connectivity index (χ1n) is 5.19. The molecule has 0 aromatic heterocycles. The van der Waals surface area contributed by atoms with Crippen LogP contribution in [0.4, 0.5) is 0 Å². The molecule has 0 atom stereocenters. The van der Waals surface area contributed by atoms with Crippen LogP contribution < -0.4 is 5.73 Å². The van der Waals surface area contributed by atoms with Crippen molar-refractivity contribution in [3.63, 3.8) is 0 Å². The second kappa shape index (κ2) is 3.49. The van der Waals surface area contributed by atoms with Crippen LogP contribution in [0.1, 0.15) is 29.5 Å². The largest absolute Gasteiger partial charge is 0.507 e. The van der Waals surface area contributed by atoms with Gasteiger partial charge < -0.3 is 10.8 Å². The number of hydrogen-bond acceptors (Lipinski definition) is 2. The van der Waals surface area contributed by atoms with Crippen LogP contribution in [-0.2, 0) is 6.42 Å². The summed E-state index contributed by atoms with van der Waals surface area (Å²) in [5.74, 6) is 0.400. The van der Waals surface area contributed by atoms with E-state index in [2.05, 4.69) is 15.9 Å². The first-order valence-corrected chi connectivity index (χ1v) is 5.99. The molecule has 0 saturated heterocycles. The van der Waals surface area contributed by atoms with Gasteiger partial charge in [0.05, 0.1) is 0 Å². The van der Waals surface area contributed by atoms with Crippen LogP contribution in [0.3, 0.4) is 0 Å². The molecule has 2 rings (SSSR count). The zero-order chi connectivity index (χ0) is 11.2. The predicted molar refractivity (Wildman–Crippen MR) is 65.1 cm³/mol. The smallest absolute Gasteiger partial charge is 0.121 e. The number of phenolic OH excluding ortho intramolecular Hbond substituents is 1. The Kier molecular flexibility index (Phi) is 2.55. The topological polar surface area (TPSA) is 46.2 Å². The number of aromatic hydroxyl groups is 1. The summed E-state index contributed by atoms with van der Waals surface area (Å²) >= 11 is 3.55. The van der Waals surface area contributed by atoms with E-state index in [1.165, 1.54) is 0 Å². The molecule has 3 N–H and O–H groups in total. The number of benzene rings is 1. The number of nitrogens with two attached hydrogens (primary N) is 1. The van der Waals surface area contributed by atoms with Gasteiger partial charge in [0.25, 0.3) is 0 Å². The monoisotopic (exact) mass is 269 g/mol. The number of hydrogen-bond donors (Lipinski definition) is 2. The molecular formula is C12H16BrNO. The van der Waals surface area contributed by atoms with Crippen molar-refractivity contribution < 1.29 is 5.11 Å². The lowest BCUT2D eigenvalue weighted by Gasteiger charge is -2.16. The lowest BCUT2D eigenvalue weighted by atomic mass is 9.97. The molecule has 0 radical (unpaired) electrons. The van der Waals surface area contributed by atoms with E-state index in [0.717, 1.165) is 40.4 Å². The van der Waals surface area contributed by atoms with E-state index in [-0.39, 0.29) is 5.54 Å². The van der Waals surface area contributed by atoms with Gasteiger partial charge in [-0.15, -0.1) is 0 Å². The first-order chi connectivity index (χ1) is 6.93. The highest BCUT2D eigenvalue weighted by molar-refractivity contribution is 9.10. The van der Waals surface area contributed by atoms with Gasteiger partial charge in [-0.25, -0.2) is 0 Å². The zero-order valence-corrected chi connectivity index (χ0v) is 10.7. The molecule has 1 aromatic carbocycles. The molecule has 0 heterocycles. The minimum Gasteiger partial charge on any atom is -0.507 e. The Labute approximate surface area is 98.6 Å². The van der Waals surface area contributed by atoms with Gasteiger partial charge in [-0.1, -0.05) is 15.9 Å². The Morgan fingerprint density at radius 2 is 2.07 bits per heavy atom. The van der Waals surface area contributed by atoms with Gasteiger partial charge in [0.2, 0.25) is 0 Å². The van der Waals surface area contributed by atoms with Crippen LogP contribution in [0.5, 0.6) is 5.75 Å². The summed E-state index contributed by atoms with van der Waals surface area (Å²) in [6.45, 7) is 3.86. The van der Waals surface area contributed by atoms with Gasteiger partial charge in [-0.3, -0.25) is 0 Å². The quantitative estimate of drug-likeness (QED) is 0.868. The van der Waals surface area contributed by atoms with Gasteiger partial charge in [0.1, 0.15) is 5.75 Å². The molecule has 1 aliphatic rings. The number of rotatable bonds is 2. The maximum atomic E-state index is 9.87. The molecule has 1 fully saturated rings. The standard InChI is InChI=1S/C12H16BrNO/c1-7-5-10(13)9(8(2)11(7)15)6-12(14)3-4-12/h5,15H,3-4,6,14H2,1-2H3. The van der Waals surface area contributed by atoms with Crippen molar-refractivity contribution in [2.45, 2.75) is 38.6 Å². The number of aryl methyl sites for hydroxylation is 1. The zero-order valence-electron chi connectivity index (χ0n) is 9.10. The van der Waals surface area contributed by atoms with Crippen molar-refractivity contribution in [2.24, 2.45) is 5.73 Å². The molecule has 0 unspecified atom stereocenters. The molecule has 0 spiro atoms. The molecule has 2 nitrogen and oxygen atoms in total. The van der Waals surface area contributed by atoms with E-state index in [1.54, 1.807) is 0 Å². The maximum absolute atomic E-state index is 9.87. The van der Waals surface area contributed by atoms with Crippen LogP contribution in [0.2, 0.25) is 0 Å². The third-order valence-electron chi connectivity index (χ3n) is 3.23. The Hall–Kier alpha value is -0.540. The third kappa shape index (κ3) is 2.04. The normalized spacial score (nSPS) is 17.9. The Morgan fingerprint density at radius 1 is 1.47 bits per heavy atom. The van der Waals surface area contributed by atoms with Crippen LogP contribution in [0, 0.1) is 13.8 Å². The highest BCUT2D eigenvalue weighted by Gasteiger charge is 2.39. The van der Waals surface area contributed by atoms with Crippen molar-refractivity contribution in [1.29, 1.82) is 0 Å². The average Bonchev–Trinajstić information content (AvgIpc) is 2.89. The third-order valence-corrected chi connectivity index (χ3v) is 3.94. The maximum Gasteiger partial charge on any atom is 0.121 e. The van der Waals surface area contributed by atoms with Gasteiger partial charge in [-0.05, 0) is 55.9 Å². The van der Waals surface area contributed by atoms with E-state index in [4.69, 9.17) is 5.73 Å². The van der Waals surface area contributed by atoms with Gasteiger partial charge in [0, 0.05) is 10.0 Å². The summed E-state index contributed by atoms with van der Waals surface area (Å²) in [6, 6.07) is 1.96. The van der Waals surface area contributed by atoms with Crippen LogP contribution in [-0.4, -0.2) is 10.6 Å². The van der Waals surface area contributed by atoms with Crippen molar-refractivity contribution in [3.8, 4) is 5.75 Å². The Morgan fingerprint density at radius 3 is 2.60 bits per heavy atom. The highest BCUT2D eigenvalue weighted by atomic mass is 79.9. The second-order valence-electron chi connectivity index (χ2n) is 4.67. The second-order valence-corrected chi connectivity index (χ2v) is 5.52. The summed E-state index contributed by atoms with van der Waals surface area (Å²) in [5.41, 5.74) is 9.10. The molecule has 82 valence electrons. The summed E-state index contributed by atoms with van der Waals surface area (Å²) in [5, 5.41) is 9.87. The van der Waals surface area contributed by atoms with E-state index in [1.807, 2.05) is 19.9 Å². The summed E-state index contributed by atoms with van der Waals surface area (Å²) in [7, 11) is 0. The van der Waals surface area contributed by atoms with Gasteiger partial charge in [0.15, 0.2) is 0 Å². The molecular weight excluding hydrogens is 254 g/mol. The van der Waals surface area contributed by atoms with Gasteiger partial charge in [-0.2, -0.15) is 0 Å². The molecule has 0 amide bonds. The molecule has 1 aromatic rings. The summed E-state index contributed by atoms with van der Waals surface area (Å²) in [4.78, 5) is 0. The van der Waals surface area contributed by atoms with Crippen molar-refractivity contribution in [2.75, 3.05) is 0 Å². The SMILES string of the molecule is Cc1cc(Br)c(CC2(N)CC2)c(C)c1O. The van der Waals surface area contributed by atoms with Gasteiger partial charge >= 0.3 is 0 Å². The molecule has 1 saturated carbocycles. The summed E-state index contributed by atoms with van der Waals surface area (Å²) in [6.07, 6.45) is 3.04. The lowest BCUT2D eigenvalue weighted by Crippen LogP contribution is -2.25. The van der Waals surface area contributed by atoms with E-state index in [9.17, 15) is 5.11 Å². The molecule has 0 bridgehead atoms. The summed E-state index contributed by atoms with van der Waals surface area (Å²) < 4.78 is 1.06. The fourth-order valence-electron chi connectivity index (χ4n) is 1.87. The van der Waals surface area contributed by atoms with Crippen LogP contribution in [0.15, 0.2) is 10.5 Å². The number of halogens is 1. The molecule has 0 aliphatic heterocycles. The van der Waals surface area contributed by atoms with E-state index in [0.29, 0.717) is 5.75 Å². The minimum absolute atomic E-state index is 0.0189. The average molecular weight is 270 g/mol. The number of phenols is 1. The fraction of sp³-hybridized carbons (Fsp3) is 0.500. The predicted octanol–water partition coefficient (Wildman–Crippen LogP) is 2.81. The highest BCUT2D eigenvalue weighted by Crippen LogP contribution is 2.40. The fourth-order valence-corrected chi connectivity index (χ4v) is 2.65. The van der Waals surface area contributed by atoms with Crippen LogP contribution >= 0.6 is 15.9 Å². The molecule has 3 heteroatoms. The first kappa shape index (κ1) is 11.0. The Balaban J connectivity index is 2.41.